The third-order valence-electron chi connectivity index (χ3n) is 2.66. The lowest BCUT2D eigenvalue weighted by atomic mass is 10.1. The summed E-state index contributed by atoms with van der Waals surface area (Å²) < 4.78 is 31.6. The molecule has 0 radical (unpaired) electrons. The highest BCUT2D eigenvalue weighted by Gasteiger charge is 2.12. The highest BCUT2D eigenvalue weighted by atomic mass is 19.1. The van der Waals surface area contributed by atoms with Crippen molar-refractivity contribution in [3.05, 3.63) is 53.2 Å². The molecule has 1 N–H and O–H groups in total. The maximum atomic E-state index is 13.5. The predicted octanol–water partition coefficient (Wildman–Crippen LogP) is 3.11. The molecule has 0 saturated carbocycles. The van der Waals surface area contributed by atoms with Gasteiger partial charge in [-0.1, -0.05) is 6.07 Å². The molecule has 2 rings (SSSR count). The van der Waals surface area contributed by atoms with Crippen LogP contribution in [0.4, 0.5) is 8.78 Å². The molecule has 1 aromatic heterocycles. The van der Waals surface area contributed by atoms with Crippen molar-refractivity contribution < 1.29 is 13.2 Å². The van der Waals surface area contributed by atoms with Gasteiger partial charge in [0.15, 0.2) is 0 Å². The summed E-state index contributed by atoms with van der Waals surface area (Å²) in [6.07, 6.45) is 1.63. The van der Waals surface area contributed by atoms with E-state index in [0.717, 1.165) is 11.8 Å². The SMILES string of the molecule is Cc1cnc(CNC(C)c2ccc(F)cc2F)o1. The molecular formula is C13H14F2N2O. The van der Waals surface area contributed by atoms with Crippen molar-refractivity contribution in [2.45, 2.75) is 26.4 Å². The number of aromatic nitrogens is 1. The van der Waals surface area contributed by atoms with Gasteiger partial charge in [-0.05, 0) is 19.9 Å². The average molecular weight is 252 g/mol. The maximum absolute atomic E-state index is 13.5. The van der Waals surface area contributed by atoms with E-state index in [1.807, 2.05) is 0 Å². The lowest BCUT2D eigenvalue weighted by Gasteiger charge is -2.13. The molecule has 0 saturated heterocycles. The Morgan fingerprint density at radius 3 is 2.78 bits per heavy atom. The minimum absolute atomic E-state index is 0.252. The van der Waals surface area contributed by atoms with Crippen LogP contribution >= 0.6 is 0 Å². The van der Waals surface area contributed by atoms with Crippen molar-refractivity contribution >= 4 is 0 Å². The number of oxazole rings is 1. The zero-order valence-corrected chi connectivity index (χ0v) is 10.2. The number of rotatable bonds is 4. The molecule has 1 atom stereocenters. The third kappa shape index (κ3) is 2.92. The molecule has 0 aliphatic rings. The molecular weight excluding hydrogens is 238 g/mol. The molecule has 2 aromatic rings. The summed E-state index contributed by atoms with van der Waals surface area (Å²) in [5.41, 5.74) is 0.416. The van der Waals surface area contributed by atoms with E-state index in [2.05, 4.69) is 10.3 Å². The number of nitrogens with zero attached hydrogens (tertiary/aromatic N) is 1. The van der Waals surface area contributed by atoms with Crippen LogP contribution in [-0.4, -0.2) is 4.98 Å². The second-order valence-corrected chi connectivity index (χ2v) is 4.13. The van der Waals surface area contributed by atoms with E-state index in [1.165, 1.54) is 12.1 Å². The van der Waals surface area contributed by atoms with Gasteiger partial charge in [-0.15, -0.1) is 0 Å². The molecule has 1 heterocycles. The lowest BCUT2D eigenvalue weighted by molar-refractivity contribution is 0.427. The van der Waals surface area contributed by atoms with Crippen LogP contribution in [0.15, 0.2) is 28.8 Å². The molecule has 1 aromatic carbocycles. The number of aryl methyl sites for hydroxylation is 1. The number of hydrogen-bond donors (Lipinski definition) is 1. The molecule has 18 heavy (non-hydrogen) atoms. The van der Waals surface area contributed by atoms with Crippen LogP contribution < -0.4 is 5.32 Å². The summed E-state index contributed by atoms with van der Waals surface area (Å²) in [6, 6.07) is 3.30. The summed E-state index contributed by atoms with van der Waals surface area (Å²) >= 11 is 0. The Kier molecular flexibility index (Phi) is 3.72. The van der Waals surface area contributed by atoms with E-state index >= 15 is 0 Å². The number of benzene rings is 1. The highest BCUT2D eigenvalue weighted by Crippen LogP contribution is 2.18. The second kappa shape index (κ2) is 5.27. The average Bonchev–Trinajstić information content (AvgIpc) is 2.72. The van der Waals surface area contributed by atoms with Gasteiger partial charge in [-0.3, -0.25) is 0 Å². The van der Waals surface area contributed by atoms with Crippen LogP contribution in [0.5, 0.6) is 0 Å². The van der Waals surface area contributed by atoms with Gasteiger partial charge in [0.25, 0.3) is 0 Å². The Morgan fingerprint density at radius 1 is 1.39 bits per heavy atom. The lowest BCUT2D eigenvalue weighted by Crippen LogP contribution is -2.19. The third-order valence-corrected chi connectivity index (χ3v) is 2.66. The summed E-state index contributed by atoms with van der Waals surface area (Å²) in [4.78, 5) is 4.04. The van der Waals surface area contributed by atoms with Gasteiger partial charge >= 0.3 is 0 Å². The fraction of sp³-hybridized carbons (Fsp3) is 0.308. The fourth-order valence-corrected chi connectivity index (χ4v) is 1.69. The van der Waals surface area contributed by atoms with Gasteiger partial charge in [0.2, 0.25) is 5.89 Å². The van der Waals surface area contributed by atoms with Crippen molar-refractivity contribution in [2.75, 3.05) is 0 Å². The summed E-state index contributed by atoms with van der Waals surface area (Å²) in [7, 11) is 0. The van der Waals surface area contributed by atoms with Gasteiger partial charge in [-0.2, -0.15) is 0 Å². The molecule has 0 aliphatic heterocycles. The first kappa shape index (κ1) is 12.7. The first-order valence-corrected chi connectivity index (χ1v) is 5.66. The van der Waals surface area contributed by atoms with Gasteiger partial charge < -0.3 is 9.73 Å². The first-order chi connectivity index (χ1) is 8.56. The molecule has 3 nitrogen and oxygen atoms in total. The van der Waals surface area contributed by atoms with E-state index in [0.29, 0.717) is 18.0 Å². The normalized spacial score (nSPS) is 12.7. The number of hydrogen-bond acceptors (Lipinski definition) is 3. The molecule has 0 amide bonds. The predicted molar refractivity (Wildman–Crippen MR) is 62.9 cm³/mol. The van der Waals surface area contributed by atoms with Crippen molar-refractivity contribution in [1.82, 2.24) is 10.3 Å². The Hall–Kier alpha value is -1.75. The smallest absolute Gasteiger partial charge is 0.208 e. The van der Waals surface area contributed by atoms with Crippen LogP contribution in [0.25, 0.3) is 0 Å². The second-order valence-electron chi connectivity index (χ2n) is 4.13. The standard InChI is InChI=1S/C13H14F2N2O/c1-8-6-17-13(18-8)7-16-9(2)11-4-3-10(14)5-12(11)15/h3-6,9,16H,7H2,1-2H3. The summed E-state index contributed by atoms with van der Waals surface area (Å²) in [5.74, 6) is 0.139. The molecule has 0 bridgehead atoms. The van der Waals surface area contributed by atoms with E-state index in [1.54, 1.807) is 20.0 Å². The van der Waals surface area contributed by atoms with Crippen molar-refractivity contribution in [1.29, 1.82) is 0 Å². The van der Waals surface area contributed by atoms with Gasteiger partial charge in [0, 0.05) is 17.7 Å². The molecule has 0 fully saturated rings. The van der Waals surface area contributed by atoms with Gasteiger partial charge in [0.1, 0.15) is 17.4 Å². The highest BCUT2D eigenvalue weighted by molar-refractivity contribution is 5.21. The molecule has 0 spiro atoms. The van der Waals surface area contributed by atoms with E-state index in [9.17, 15) is 8.78 Å². The van der Waals surface area contributed by atoms with Crippen LogP contribution in [0, 0.1) is 18.6 Å². The van der Waals surface area contributed by atoms with Gasteiger partial charge in [-0.25, -0.2) is 13.8 Å². The maximum Gasteiger partial charge on any atom is 0.208 e. The number of nitrogens with one attached hydrogen (secondary N) is 1. The minimum atomic E-state index is -0.577. The quantitative estimate of drug-likeness (QED) is 0.908. The van der Waals surface area contributed by atoms with E-state index in [4.69, 9.17) is 4.42 Å². The van der Waals surface area contributed by atoms with Crippen LogP contribution in [0.3, 0.4) is 0 Å². The van der Waals surface area contributed by atoms with Crippen molar-refractivity contribution in [2.24, 2.45) is 0 Å². The Balaban J connectivity index is 2.01. The largest absolute Gasteiger partial charge is 0.445 e. The van der Waals surface area contributed by atoms with Crippen LogP contribution in [-0.2, 0) is 6.54 Å². The van der Waals surface area contributed by atoms with Crippen molar-refractivity contribution in [3.63, 3.8) is 0 Å². The summed E-state index contributed by atoms with van der Waals surface area (Å²) in [5, 5.41) is 3.07. The van der Waals surface area contributed by atoms with Gasteiger partial charge in [0.05, 0.1) is 12.7 Å². The minimum Gasteiger partial charge on any atom is -0.445 e. The zero-order chi connectivity index (χ0) is 13.1. The van der Waals surface area contributed by atoms with E-state index in [-0.39, 0.29) is 6.04 Å². The Morgan fingerprint density at radius 2 is 2.17 bits per heavy atom. The fourth-order valence-electron chi connectivity index (χ4n) is 1.69. The Bertz CT molecular complexity index is 540. The molecule has 5 heteroatoms. The topological polar surface area (TPSA) is 38.1 Å². The monoisotopic (exact) mass is 252 g/mol. The van der Waals surface area contributed by atoms with Crippen LogP contribution in [0.1, 0.15) is 30.2 Å². The number of halogens is 2. The summed E-state index contributed by atoms with van der Waals surface area (Å²) in [6.45, 7) is 4.00. The van der Waals surface area contributed by atoms with Crippen LogP contribution in [0.2, 0.25) is 0 Å². The molecule has 96 valence electrons. The van der Waals surface area contributed by atoms with E-state index < -0.39 is 11.6 Å². The Labute approximate surface area is 104 Å². The van der Waals surface area contributed by atoms with Crippen molar-refractivity contribution in [3.8, 4) is 0 Å². The zero-order valence-electron chi connectivity index (χ0n) is 10.2. The molecule has 0 aliphatic carbocycles. The first-order valence-electron chi connectivity index (χ1n) is 5.66. The molecule has 1 unspecified atom stereocenters.